The number of nitrogens with one attached hydrogen (secondary N) is 1. The Bertz CT molecular complexity index is 739. The van der Waals surface area contributed by atoms with E-state index in [1.807, 2.05) is 44.2 Å². The molecule has 2 aromatic rings. The summed E-state index contributed by atoms with van der Waals surface area (Å²) in [5, 5.41) is 23.9. The topological polar surface area (TPSA) is 96.5 Å². The lowest BCUT2D eigenvalue weighted by molar-refractivity contribution is -0.121. The maximum Gasteiger partial charge on any atom is 0.234 e. The zero-order chi connectivity index (χ0) is 17.7. The van der Waals surface area contributed by atoms with E-state index in [9.17, 15) is 10.1 Å². The molecule has 7 nitrogen and oxygen atoms in total. The number of nitriles is 1. The first-order chi connectivity index (χ1) is 11.4. The molecule has 0 bridgehead atoms. The van der Waals surface area contributed by atoms with Crippen LogP contribution in [0.25, 0.3) is 5.69 Å². The van der Waals surface area contributed by atoms with Crippen LogP contribution in [-0.2, 0) is 4.79 Å². The second-order valence-corrected chi connectivity index (χ2v) is 7.23. The number of hydrogen-bond donors (Lipinski definition) is 1. The molecule has 8 heteroatoms. The number of amides is 1. The van der Waals surface area contributed by atoms with Crippen LogP contribution >= 0.6 is 11.8 Å². The summed E-state index contributed by atoms with van der Waals surface area (Å²) >= 11 is 1.25. The summed E-state index contributed by atoms with van der Waals surface area (Å²) < 4.78 is 1.58. The lowest BCUT2D eigenvalue weighted by Crippen LogP contribution is -2.51. The number of nitrogens with zero attached hydrogens (tertiary/aromatic N) is 5. The average molecular weight is 344 g/mol. The Labute approximate surface area is 145 Å². The highest BCUT2D eigenvalue weighted by Gasteiger charge is 2.32. The fraction of sp³-hybridized carbons (Fsp3) is 0.438. The van der Waals surface area contributed by atoms with E-state index in [-0.39, 0.29) is 11.8 Å². The van der Waals surface area contributed by atoms with Crippen molar-refractivity contribution < 1.29 is 4.79 Å². The van der Waals surface area contributed by atoms with Gasteiger partial charge in [0.05, 0.1) is 17.0 Å². The fourth-order valence-corrected chi connectivity index (χ4v) is 2.66. The van der Waals surface area contributed by atoms with E-state index in [0.29, 0.717) is 5.16 Å². The summed E-state index contributed by atoms with van der Waals surface area (Å²) in [6, 6.07) is 11.6. The van der Waals surface area contributed by atoms with Gasteiger partial charge in [-0.25, -0.2) is 0 Å². The van der Waals surface area contributed by atoms with Crippen molar-refractivity contribution in [1.82, 2.24) is 25.5 Å². The minimum absolute atomic E-state index is 0.00158. The molecule has 2 rings (SSSR count). The van der Waals surface area contributed by atoms with E-state index in [1.54, 1.807) is 18.5 Å². The van der Waals surface area contributed by atoms with E-state index in [1.165, 1.54) is 11.8 Å². The Morgan fingerprint density at radius 3 is 2.58 bits per heavy atom. The Morgan fingerprint density at radius 2 is 2.00 bits per heavy atom. The predicted molar refractivity (Wildman–Crippen MR) is 91.5 cm³/mol. The molecule has 24 heavy (non-hydrogen) atoms. The smallest absolute Gasteiger partial charge is 0.234 e. The number of aromatic nitrogens is 4. The molecule has 0 aliphatic carbocycles. The van der Waals surface area contributed by atoms with Gasteiger partial charge in [0.25, 0.3) is 0 Å². The predicted octanol–water partition coefficient (Wildman–Crippen LogP) is 2.20. The molecule has 0 spiro atoms. The number of hydrogen-bond acceptors (Lipinski definition) is 6. The minimum Gasteiger partial charge on any atom is -0.337 e. The Morgan fingerprint density at radius 1 is 1.33 bits per heavy atom. The molecule has 0 aliphatic heterocycles. The van der Waals surface area contributed by atoms with Crippen molar-refractivity contribution in [3.8, 4) is 11.8 Å². The highest BCUT2D eigenvalue weighted by atomic mass is 32.2. The van der Waals surface area contributed by atoms with Crippen LogP contribution in [0, 0.1) is 17.2 Å². The van der Waals surface area contributed by atoms with Gasteiger partial charge < -0.3 is 5.32 Å². The van der Waals surface area contributed by atoms with Crippen molar-refractivity contribution in [1.29, 1.82) is 5.26 Å². The summed E-state index contributed by atoms with van der Waals surface area (Å²) in [6.07, 6.45) is 0. The summed E-state index contributed by atoms with van der Waals surface area (Å²) in [4.78, 5) is 12.4. The van der Waals surface area contributed by atoms with Gasteiger partial charge in [-0.1, -0.05) is 43.8 Å². The van der Waals surface area contributed by atoms with Gasteiger partial charge in [-0.2, -0.15) is 9.94 Å². The molecule has 0 saturated heterocycles. The molecule has 1 heterocycles. The first-order valence-electron chi connectivity index (χ1n) is 7.61. The van der Waals surface area contributed by atoms with Crippen molar-refractivity contribution in [3.05, 3.63) is 30.3 Å². The van der Waals surface area contributed by atoms with Crippen molar-refractivity contribution in [2.45, 2.75) is 43.6 Å². The van der Waals surface area contributed by atoms with Crippen molar-refractivity contribution in [2.75, 3.05) is 0 Å². The lowest BCUT2D eigenvalue weighted by Gasteiger charge is -2.28. The first-order valence-corrected chi connectivity index (χ1v) is 8.49. The molecule has 1 N–H and O–H groups in total. The Kier molecular flexibility index (Phi) is 5.57. The number of carbonyl (C=O) groups excluding carboxylic acids is 1. The zero-order valence-electron chi connectivity index (χ0n) is 14.1. The average Bonchev–Trinajstić information content (AvgIpc) is 3.03. The van der Waals surface area contributed by atoms with Gasteiger partial charge >= 0.3 is 0 Å². The summed E-state index contributed by atoms with van der Waals surface area (Å²) in [5.41, 5.74) is -0.0845. The van der Waals surface area contributed by atoms with Crippen LogP contribution in [0.15, 0.2) is 35.5 Å². The summed E-state index contributed by atoms with van der Waals surface area (Å²) in [6.45, 7) is 7.29. The molecule has 0 fully saturated rings. The van der Waals surface area contributed by atoms with E-state index in [0.717, 1.165) is 5.69 Å². The quantitative estimate of drug-likeness (QED) is 0.807. The molecule has 0 radical (unpaired) electrons. The van der Waals surface area contributed by atoms with Gasteiger partial charge in [-0.15, -0.1) is 5.10 Å². The van der Waals surface area contributed by atoms with Crippen molar-refractivity contribution in [3.63, 3.8) is 0 Å². The van der Waals surface area contributed by atoms with E-state index in [2.05, 4.69) is 26.9 Å². The number of thioether (sulfide) groups is 1. The highest BCUT2D eigenvalue weighted by molar-refractivity contribution is 8.00. The van der Waals surface area contributed by atoms with Crippen LogP contribution in [0.4, 0.5) is 0 Å². The summed E-state index contributed by atoms with van der Waals surface area (Å²) in [5.74, 6) is -0.223. The Balaban J connectivity index is 2.11. The molecule has 1 aromatic heterocycles. The molecule has 2 atom stereocenters. The normalized spacial score (nSPS) is 14.7. The van der Waals surface area contributed by atoms with Crippen LogP contribution in [0.3, 0.4) is 0 Å². The number of para-hydroxylation sites is 1. The molecular weight excluding hydrogens is 324 g/mol. The third-order valence-corrected chi connectivity index (χ3v) is 4.90. The van der Waals surface area contributed by atoms with Crippen LogP contribution in [0.1, 0.15) is 27.7 Å². The maximum absolute atomic E-state index is 12.4. The molecular formula is C16H20N6OS. The first kappa shape index (κ1) is 17.9. The summed E-state index contributed by atoms with van der Waals surface area (Å²) in [7, 11) is 0. The minimum atomic E-state index is -0.906. The molecule has 1 amide bonds. The third kappa shape index (κ3) is 3.92. The van der Waals surface area contributed by atoms with E-state index < -0.39 is 10.8 Å². The third-order valence-electron chi connectivity index (χ3n) is 3.86. The lowest BCUT2D eigenvalue weighted by atomic mass is 9.90. The molecule has 0 saturated carbocycles. The molecule has 126 valence electrons. The molecule has 2 unspecified atom stereocenters. The second kappa shape index (κ2) is 7.45. The van der Waals surface area contributed by atoms with Crippen molar-refractivity contribution in [2.24, 2.45) is 5.92 Å². The van der Waals surface area contributed by atoms with Gasteiger partial charge in [0.2, 0.25) is 11.1 Å². The molecule has 0 aliphatic rings. The maximum atomic E-state index is 12.4. The SMILES string of the molecule is CC(Sc1nnnn1-c1ccccc1)C(=O)NC(C)(C#N)C(C)C. The largest absolute Gasteiger partial charge is 0.337 e. The van der Waals surface area contributed by atoms with Gasteiger partial charge in [0.1, 0.15) is 5.54 Å². The van der Waals surface area contributed by atoms with Crippen LogP contribution in [-0.4, -0.2) is 36.9 Å². The Hall–Kier alpha value is -2.40. The van der Waals surface area contributed by atoms with Gasteiger partial charge in [-0.3, -0.25) is 4.79 Å². The van der Waals surface area contributed by atoms with Gasteiger partial charge in [-0.05, 0) is 42.3 Å². The standard InChI is InChI=1S/C16H20N6OS/c1-11(2)16(4,10-17)18-14(23)12(3)24-15-19-20-21-22(15)13-8-6-5-7-9-13/h5-9,11-12H,1-4H3,(H,18,23). The highest BCUT2D eigenvalue weighted by Crippen LogP contribution is 2.24. The number of tetrazole rings is 1. The van der Waals surface area contributed by atoms with Crippen LogP contribution < -0.4 is 5.32 Å². The van der Waals surface area contributed by atoms with Gasteiger partial charge in [0, 0.05) is 0 Å². The number of benzene rings is 1. The zero-order valence-corrected chi connectivity index (χ0v) is 14.9. The fourth-order valence-electron chi connectivity index (χ4n) is 1.85. The van der Waals surface area contributed by atoms with E-state index >= 15 is 0 Å². The van der Waals surface area contributed by atoms with Crippen molar-refractivity contribution >= 4 is 17.7 Å². The number of carbonyl (C=O) groups is 1. The van der Waals surface area contributed by atoms with Crippen LogP contribution in [0.5, 0.6) is 0 Å². The number of rotatable bonds is 6. The second-order valence-electron chi connectivity index (χ2n) is 5.93. The van der Waals surface area contributed by atoms with Gasteiger partial charge in [0.15, 0.2) is 0 Å². The monoisotopic (exact) mass is 344 g/mol. The van der Waals surface area contributed by atoms with Crippen LogP contribution in [0.2, 0.25) is 0 Å². The molecule has 1 aromatic carbocycles. The van der Waals surface area contributed by atoms with E-state index in [4.69, 9.17) is 0 Å².